The van der Waals surface area contributed by atoms with Gasteiger partial charge in [-0.25, -0.2) is 0 Å². The van der Waals surface area contributed by atoms with E-state index in [9.17, 15) is 0 Å². The summed E-state index contributed by atoms with van der Waals surface area (Å²) in [6.45, 7) is 2.69. The van der Waals surface area contributed by atoms with Gasteiger partial charge in [-0.15, -0.1) is 0 Å². The lowest BCUT2D eigenvalue weighted by molar-refractivity contribution is 0.907. The lowest BCUT2D eigenvalue weighted by Crippen LogP contribution is -2.23. The summed E-state index contributed by atoms with van der Waals surface area (Å²) in [4.78, 5) is 9.59. The molecule has 4 rings (SSSR count). The summed E-state index contributed by atoms with van der Waals surface area (Å²) >= 11 is 5.47. The van der Waals surface area contributed by atoms with Crippen molar-refractivity contribution in [3.8, 4) is 11.3 Å². The first-order valence-corrected chi connectivity index (χ1v) is 9.16. The van der Waals surface area contributed by atoms with Gasteiger partial charge in [0.15, 0.2) is 0 Å². The fourth-order valence-corrected chi connectivity index (χ4v) is 3.21. The van der Waals surface area contributed by atoms with Crippen LogP contribution >= 0.6 is 12.2 Å². The number of fused-ring (bicyclic) bond motifs is 1. The van der Waals surface area contributed by atoms with Gasteiger partial charge in [0.2, 0.25) is 0 Å². The molecule has 0 spiro atoms. The van der Waals surface area contributed by atoms with E-state index in [1.165, 1.54) is 5.56 Å². The monoisotopic (exact) mass is 373 g/mol. The highest BCUT2D eigenvalue weighted by molar-refractivity contribution is 7.80. The number of hydrogen-bond acceptors (Lipinski definition) is 4. The molecular weight excluding hydrogens is 354 g/mol. The average Bonchev–Trinajstić information content (AvgIpc) is 3.10. The number of hydrogen-bond donors (Lipinski definition) is 2. The molecule has 0 aliphatic heterocycles. The number of aromatic amines is 1. The lowest BCUT2D eigenvalue weighted by atomic mass is 10.1. The molecule has 0 aliphatic carbocycles. The highest BCUT2D eigenvalue weighted by Gasteiger charge is 2.10. The van der Waals surface area contributed by atoms with Crippen LogP contribution in [0.2, 0.25) is 0 Å². The molecule has 0 aliphatic rings. The van der Waals surface area contributed by atoms with E-state index in [0.29, 0.717) is 6.42 Å². The Hall–Kier alpha value is -3.12. The second-order valence-electron chi connectivity index (χ2n) is 6.42. The number of nitrogens with one attached hydrogen (secondary N) is 2. The first kappa shape index (κ1) is 17.3. The highest BCUT2D eigenvalue weighted by atomic mass is 32.1. The Morgan fingerprint density at radius 3 is 2.78 bits per heavy atom. The van der Waals surface area contributed by atoms with Gasteiger partial charge in [0.05, 0.1) is 10.5 Å². The molecule has 1 aromatic carbocycles. The van der Waals surface area contributed by atoms with Gasteiger partial charge in [-0.3, -0.25) is 15.1 Å². The van der Waals surface area contributed by atoms with Crippen molar-refractivity contribution in [2.75, 3.05) is 0 Å². The van der Waals surface area contributed by atoms with Crippen molar-refractivity contribution in [2.24, 2.45) is 0 Å². The molecule has 0 radical (unpaired) electrons. The summed E-state index contributed by atoms with van der Waals surface area (Å²) in [7, 11) is 0. The first-order valence-electron chi connectivity index (χ1n) is 8.76. The van der Waals surface area contributed by atoms with Crippen molar-refractivity contribution in [1.29, 1.82) is 0 Å². The Balaban J connectivity index is 1.48. The number of pyridine rings is 2. The maximum Gasteiger partial charge on any atom is 0.102 e. The Labute approximate surface area is 162 Å². The minimum Gasteiger partial charge on any atom is -0.375 e. The number of H-pyrrole nitrogens is 1. The van der Waals surface area contributed by atoms with E-state index in [1.807, 2.05) is 49.5 Å². The molecule has 4 aromatic rings. The molecule has 3 aromatic heterocycles. The summed E-state index contributed by atoms with van der Waals surface area (Å²) in [6, 6.07) is 16.2. The van der Waals surface area contributed by atoms with Crippen molar-refractivity contribution in [3.63, 3.8) is 0 Å². The summed E-state index contributed by atoms with van der Waals surface area (Å²) in [5, 5.41) is 11.8. The fraction of sp³-hybridized carbons (Fsp3) is 0.143. The predicted octanol–water partition coefficient (Wildman–Crippen LogP) is 3.99. The standard InChI is InChI=1S/C21H19N5S/c1-14-9-16(7-8-22-14)21-18-13-23-17(10-19(18)25-26-21)11-20(27)24-12-15-5-3-2-4-6-15/h2-10,13H,11-12H2,1H3,(H,24,27)(H,25,26). The molecule has 0 saturated heterocycles. The minimum absolute atomic E-state index is 0.598. The molecule has 0 fully saturated rings. The number of benzene rings is 1. The van der Waals surface area contributed by atoms with Gasteiger partial charge in [-0.05, 0) is 30.7 Å². The highest BCUT2D eigenvalue weighted by Crippen LogP contribution is 2.26. The van der Waals surface area contributed by atoms with Crippen LogP contribution in [0.1, 0.15) is 17.0 Å². The minimum atomic E-state index is 0.598. The van der Waals surface area contributed by atoms with Crippen LogP contribution in [0.3, 0.4) is 0 Å². The maximum atomic E-state index is 5.47. The van der Waals surface area contributed by atoms with Gasteiger partial charge in [-0.2, -0.15) is 5.10 Å². The van der Waals surface area contributed by atoms with Gasteiger partial charge >= 0.3 is 0 Å². The zero-order valence-electron chi connectivity index (χ0n) is 14.9. The van der Waals surface area contributed by atoms with E-state index in [2.05, 4.69) is 37.6 Å². The van der Waals surface area contributed by atoms with Gasteiger partial charge in [-0.1, -0.05) is 42.5 Å². The molecule has 3 heterocycles. The summed E-state index contributed by atoms with van der Waals surface area (Å²) in [5.74, 6) is 0. The van der Waals surface area contributed by atoms with Crippen molar-refractivity contribution < 1.29 is 0 Å². The van der Waals surface area contributed by atoms with Crippen LogP contribution in [0, 0.1) is 6.92 Å². The SMILES string of the molecule is Cc1cc(-c2n[nH]c3cc(CC(=S)NCc4ccccc4)ncc23)ccn1. The Bertz CT molecular complexity index is 1090. The van der Waals surface area contributed by atoms with Crippen LogP contribution < -0.4 is 5.32 Å². The van der Waals surface area contributed by atoms with Crippen molar-refractivity contribution in [1.82, 2.24) is 25.5 Å². The molecule has 0 atom stereocenters. The smallest absolute Gasteiger partial charge is 0.102 e. The second kappa shape index (κ2) is 7.63. The Kier molecular flexibility index (Phi) is 4.89. The number of aromatic nitrogens is 4. The zero-order valence-corrected chi connectivity index (χ0v) is 15.8. The quantitative estimate of drug-likeness (QED) is 0.518. The normalized spacial score (nSPS) is 10.9. The molecular formula is C21H19N5S. The molecule has 0 unspecified atom stereocenters. The second-order valence-corrected chi connectivity index (χ2v) is 6.91. The molecule has 5 nitrogen and oxygen atoms in total. The Morgan fingerprint density at radius 1 is 1.11 bits per heavy atom. The van der Waals surface area contributed by atoms with Crippen molar-refractivity contribution in [3.05, 3.63) is 77.9 Å². The topological polar surface area (TPSA) is 66.5 Å². The van der Waals surface area contributed by atoms with Crippen LogP contribution in [0.25, 0.3) is 22.2 Å². The summed E-state index contributed by atoms with van der Waals surface area (Å²) in [6.07, 6.45) is 4.25. The fourth-order valence-electron chi connectivity index (χ4n) is 2.99. The van der Waals surface area contributed by atoms with Gasteiger partial charge in [0.25, 0.3) is 0 Å². The summed E-state index contributed by atoms with van der Waals surface area (Å²) in [5.41, 5.74) is 5.95. The third-order valence-electron chi connectivity index (χ3n) is 4.35. The van der Waals surface area contributed by atoms with Gasteiger partial charge < -0.3 is 5.32 Å². The van der Waals surface area contributed by atoms with E-state index in [-0.39, 0.29) is 0 Å². The van der Waals surface area contributed by atoms with E-state index < -0.39 is 0 Å². The van der Waals surface area contributed by atoms with E-state index in [1.54, 1.807) is 6.20 Å². The lowest BCUT2D eigenvalue weighted by Gasteiger charge is -2.08. The van der Waals surface area contributed by atoms with Crippen LogP contribution in [0.15, 0.2) is 60.9 Å². The molecule has 134 valence electrons. The number of rotatable bonds is 5. The van der Waals surface area contributed by atoms with E-state index >= 15 is 0 Å². The zero-order chi connectivity index (χ0) is 18.6. The first-order chi connectivity index (χ1) is 13.2. The van der Waals surface area contributed by atoms with E-state index in [0.717, 1.165) is 45.1 Å². The van der Waals surface area contributed by atoms with Crippen LogP contribution in [-0.2, 0) is 13.0 Å². The van der Waals surface area contributed by atoms with Gasteiger partial charge in [0, 0.05) is 47.7 Å². The molecule has 2 N–H and O–H groups in total. The van der Waals surface area contributed by atoms with Crippen molar-refractivity contribution in [2.45, 2.75) is 19.9 Å². The maximum absolute atomic E-state index is 5.47. The number of aryl methyl sites for hydroxylation is 1. The number of thiocarbonyl (C=S) groups is 1. The van der Waals surface area contributed by atoms with Crippen LogP contribution in [0.5, 0.6) is 0 Å². The molecule has 0 bridgehead atoms. The Morgan fingerprint density at radius 2 is 1.96 bits per heavy atom. The average molecular weight is 373 g/mol. The summed E-state index contributed by atoms with van der Waals surface area (Å²) < 4.78 is 0. The third-order valence-corrected chi connectivity index (χ3v) is 4.64. The largest absolute Gasteiger partial charge is 0.375 e. The number of nitrogens with zero attached hydrogens (tertiary/aromatic N) is 3. The molecule has 27 heavy (non-hydrogen) atoms. The predicted molar refractivity (Wildman–Crippen MR) is 111 cm³/mol. The van der Waals surface area contributed by atoms with Gasteiger partial charge in [0.1, 0.15) is 5.69 Å². The van der Waals surface area contributed by atoms with Crippen LogP contribution in [-0.4, -0.2) is 25.2 Å². The molecule has 6 heteroatoms. The molecule has 0 saturated carbocycles. The van der Waals surface area contributed by atoms with Crippen molar-refractivity contribution >= 4 is 28.1 Å². The van der Waals surface area contributed by atoms with E-state index in [4.69, 9.17) is 12.2 Å². The van der Waals surface area contributed by atoms with Crippen LogP contribution in [0.4, 0.5) is 0 Å². The molecule has 0 amide bonds. The third kappa shape index (κ3) is 4.01.